The highest BCUT2D eigenvalue weighted by Crippen LogP contribution is 2.39. The number of cyclic esters (lactones) is 1. The number of methoxy groups -OCH3 is 2. The largest absolute Gasteiger partial charge is 0.497 e. The van der Waals surface area contributed by atoms with Gasteiger partial charge in [0.05, 0.1) is 32.3 Å². The van der Waals surface area contributed by atoms with Gasteiger partial charge in [0.15, 0.2) is 0 Å². The van der Waals surface area contributed by atoms with E-state index in [0.717, 1.165) is 29.7 Å². The number of hydrogen-bond acceptors (Lipinski definition) is 5. The third kappa shape index (κ3) is 3.18. The molecule has 0 unspecified atom stereocenters. The van der Waals surface area contributed by atoms with E-state index in [4.69, 9.17) is 18.6 Å². The van der Waals surface area contributed by atoms with Crippen LogP contribution in [-0.4, -0.2) is 26.3 Å². The molecule has 2 heterocycles. The van der Waals surface area contributed by atoms with Crippen LogP contribution in [0.2, 0.25) is 0 Å². The van der Waals surface area contributed by atoms with Gasteiger partial charge in [-0.15, -0.1) is 0 Å². The first-order chi connectivity index (χ1) is 11.1. The summed E-state index contributed by atoms with van der Waals surface area (Å²) in [6.45, 7) is 1.90. The summed E-state index contributed by atoms with van der Waals surface area (Å²) in [5, 5.41) is 0. The highest BCUT2D eigenvalue weighted by molar-refractivity contribution is 5.80. The average molecular weight is 316 g/mol. The smallest absolute Gasteiger partial charge is 0.310 e. The summed E-state index contributed by atoms with van der Waals surface area (Å²) in [5.74, 6) is 2.54. The van der Waals surface area contributed by atoms with Crippen LogP contribution >= 0.6 is 0 Å². The van der Waals surface area contributed by atoms with Gasteiger partial charge in [0, 0.05) is 12.5 Å². The molecule has 0 saturated carbocycles. The summed E-state index contributed by atoms with van der Waals surface area (Å²) < 4.78 is 22.2. The molecule has 2 bridgehead atoms. The van der Waals surface area contributed by atoms with Gasteiger partial charge in [-0.25, -0.2) is 0 Å². The molecule has 0 aliphatic carbocycles. The van der Waals surface area contributed by atoms with E-state index >= 15 is 0 Å². The zero-order valence-electron chi connectivity index (χ0n) is 13.5. The third-order valence-corrected chi connectivity index (χ3v) is 3.99. The second-order valence-electron chi connectivity index (χ2n) is 5.65. The monoisotopic (exact) mass is 316 g/mol. The average Bonchev–Trinajstić information content (AvgIpc) is 2.99. The van der Waals surface area contributed by atoms with Crippen molar-refractivity contribution in [3.63, 3.8) is 0 Å². The van der Waals surface area contributed by atoms with E-state index in [1.165, 1.54) is 0 Å². The predicted octanol–water partition coefficient (Wildman–Crippen LogP) is 3.38. The van der Waals surface area contributed by atoms with Gasteiger partial charge >= 0.3 is 5.97 Å². The molecule has 0 N–H and O–H groups in total. The van der Waals surface area contributed by atoms with E-state index in [1.807, 2.05) is 25.1 Å². The Morgan fingerprint density at radius 2 is 2.00 bits per heavy atom. The summed E-state index contributed by atoms with van der Waals surface area (Å²) in [4.78, 5) is 12.2. The zero-order valence-corrected chi connectivity index (χ0v) is 13.5. The molecule has 1 atom stereocenters. The molecule has 5 nitrogen and oxygen atoms in total. The molecular formula is C18H20O5. The maximum Gasteiger partial charge on any atom is 0.310 e. The van der Waals surface area contributed by atoms with Crippen molar-refractivity contribution in [3.05, 3.63) is 35.6 Å². The molecular weight excluding hydrogens is 296 g/mol. The van der Waals surface area contributed by atoms with Crippen molar-refractivity contribution in [2.45, 2.75) is 32.3 Å². The van der Waals surface area contributed by atoms with Crippen molar-refractivity contribution in [1.82, 2.24) is 0 Å². The highest BCUT2D eigenvalue weighted by Gasteiger charge is 2.22. The molecule has 1 aromatic heterocycles. The van der Waals surface area contributed by atoms with Crippen molar-refractivity contribution in [2.75, 3.05) is 14.2 Å². The first-order valence-electron chi connectivity index (χ1n) is 7.64. The van der Waals surface area contributed by atoms with Gasteiger partial charge in [-0.2, -0.15) is 0 Å². The molecule has 5 heteroatoms. The summed E-state index contributed by atoms with van der Waals surface area (Å²) in [5.41, 5.74) is 1.53. The van der Waals surface area contributed by atoms with Crippen molar-refractivity contribution in [1.29, 1.82) is 0 Å². The molecule has 1 aliphatic rings. The second kappa shape index (κ2) is 6.36. The van der Waals surface area contributed by atoms with Gasteiger partial charge in [-0.1, -0.05) is 0 Å². The number of furan rings is 1. The van der Waals surface area contributed by atoms with Crippen LogP contribution in [0, 0.1) is 0 Å². The minimum atomic E-state index is -0.263. The van der Waals surface area contributed by atoms with Crippen molar-refractivity contribution in [2.24, 2.45) is 0 Å². The Morgan fingerprint density at radius 1 is 1.17 bits per heavy atom. The minimum Gasteiger partial charge on any atom is -0.497 e. The van der Waals surface area contributed by atoms with Crippen LogP contribution in [0.1, 0.15) is 24.7 Å². The van der Waals surface area contributed by atoms with Crippen molar-refractivity contribution < 1.29 is 23.4 Å². The first kappa shape index (κ1) is 15.5. The Balaban J connectivity index is 2.16. The van der Waals surface area contributed by atoms with E-state index in [0.29, 0.717) is 17.3 Å². The fourth-order valence-electron chi connectivity index (χ4n) is 2.82. The summed E-state index contributed by atoms with van der Waals surface area (Å²) in [6.07, 6.45) is 1.45. The highest BCUT2D eigenvalue weighted by atomic mass is 16.5. The molecule has 1 aliphatic heterocycles. The van der Waals surface area contributed by atoms with Crippen molar-refractivity contribution in [3.8, 4) is 22.8 Å². The van der Waals surface area contributed by atoms with E-state index in [1.54, 1.807) is 20.3 Å². The van der Waals surface area contributed by atoms with Crippen LogP contribution in [0.15, 0.2) is 28.7 Å². The molecule has 2 aromatic rings. The number of fused-ring (bicyclic) bond motifs is 4. The van der Waals surface area contributed by atoms with Gasteiger partial charge in [-0.05, 0) is 37.1 Å². The van der Waals surface area contributed by atoms with E-state index < -0.39 is 0 Å². The standard InChI is InChI=1S/C18H20O5/c1-11-4-5-13-6-7-15(23-13)18-12(9-17(19)22-11)8-14(20-2)10-16(18)21-3/h6-8,10-11H,4-5,9H2,1-3H3/t11-/m0/s1. The number of carbonyl (C=O) groups excluding carboxylic acids is 1. The lowest BCUT2D eigenvalue weighted by atomic mass is 10.0. The Hall–Kier alpha value is -2.43. The number of carbonyl (C=O) groups is 1. The Bertz CT molecular complexity index is 716. The SMILES string of the molecule is COc1cc2c(c(OC)c1)-c1ccc(o1)CC[C@H](C)OC(=O)C2. The number of rotatable bonds is 2. The van der Waals surface area contributed by atoms with E-state index in [9.17, 15) is 4.79 Å². The molecule has 0 amide bonds. The summed E-state index contributed by atoms with van der Waals surface area (Å²) in [7, 11) is 3.17. The quantitative estimate of drug-likeness (QED) is 0.795. The van der Waals surface area contributed by atoms with Gasteiger partial charge in [0.1, 0.15) is 23.0 Å². The summed E-state index contributed by atoms with van der Waals surface area (Å²) >= 11 is 0. The molecule has 1 aromatic carbocycles. The maximum atomic E-state index is 12.2. The normalized spacial score (nSPS) is 17.7. The van der Waals surface area contributed by atoms with Crippen LogP contribution in [0.4, 0.5) is 0 Å². The third-order valence-electron chi connectivity index (χ3n) is 3.99. The topological polar surface area (TPSA) is 57.9 Å². The molecule has 122 valence electrons. The van der Waals surface area contributed by atoms with E-state index in [2.05, 4.69) is 0 Å². The molecule has 3 rings (SSSR count). The lowest BCUT2D eigenvalue weighted by molar-refractivity contribution is -0.147. The van der Waals surface area contributed by atoms with Gasteiger partial charge in [0.2, 0.25) is 0 Å². The Kier molecular flexibility index (Phi) is 4.28. The van der Waals surface area contributed by atoms with Crippen molar-refractivity contribution >= 4 is 5.97 Å². The first-order valence-corrected chi connectivity index (χ1v) is 7.64. The number of ether oxygens (including phenoxy) is 3. The minimum absolute atomic E-state index is 0.142. The Labute approximate surface area is 135 Å². The van der Waals surface area contributed by atoms with Crippen LogP contribution in [0.25, 0.3) is 11.3 Å². The number of benzene rings is 1. The predicted molar refractivity (Wildman–Crippen MR) is 84.8 cm³/mol. The summed E-state index contributed by atoms with van der Waals surface area (Å²) in [6, 6.07) is 7.48. The fourth-order valence-corrected chi connectivity index (χ4v) is 2.82. The van der Waals surface area contributed by atoms with Gasteiger partial charge < -0.3 is 18.6 Å². The zero-order chi connectivity index (χ0) is 16.4. The lowest BCUT2D eigenvalue weighted by Gasteiger charge is -2.15. The number of aryl methyl sites for hydroxylation is 1. The van der Waals surface area contributed by atoms with E-state index in [-0.39, 0.29) is 18.5 Å². The van der Waals surface area contributed by atoms with Crippen LogP contribution in [0.5, 0.6) is 11.5 Å². The van der Waals surface area contributed by atoms with Crippen LogP contribution in [-0.2, 0) is 22.4 Å². The van der Waals surface area contributed by atoms with Crippen LogP contribution < -0.4 is 9.47 Å². The molecule has 0 radical (unpaired) electrons. The second-order valence-corrected chi connectivity index (χ2v) is 5.65. The fraction of sp³-hybridized carbons (Fsp3) is 0.389. The Morgan fingerprint density at radius 3 is 2.74 bits per heavy atom. The molecule has 0 saturated heterocycles. The molecule has 0 spiro atoms. The molecule has 0 fully saturated rings. The van der Waals surface area contributed by atoms with Crippen LogP contribution in [0.3, 0.4) is 0 Å². The number of hydrogen-bond donors (Lipinski definition) is 0. The van der Waals surface area contributed by atoms with Gasteiger partial charge in [0.25, 0.3) is 0 Å². The lowest BCUT2D eigenvalue weighted by Crippen LogP contribution is -2.17. The van der Waals surface area contributed by atoms with Gasteiger partial charge in [-0.3, -0.25) is 4.79 Å². The molecule has 23 heavy (non-hydrogen) atoms. The maximum absolute atomic E-state index is 12.2. The number of esters is 1.